The van der Waals surface area contributed by atoms with E-state index in [1.54, 1.807) is 11.1 Å². The number of amides is 1. The molecule has 1 aromatic heterocycles. The Morgan fingerprint density at radius 2 is 2.24 bits per heavy atom. The van der Waals surface area contributed by atoms with E-state index in [-0.39, 0.29) is 5.91 Å². The third kappa shape index (κ3) is 3.45. The highest BCUT2D eigenvalue weighted by atomic mass is 79.9. The first-order valence-electron chi connectivity index (χ1n) is 6.79. The monoisotopic (exact) mass is 418 g/mol. The van der Waals surface area contributed by atoms with Crippen LogP contribution in [0.2, 0.25) is 0 Å². The van der Waals surface area contributed by atoms with Crippen LogP contribution in [-0.4, -0.2) is 33.4 Å². The van der Waals surface area contributed by atoms with Gasteiger partial charge in [-0.15, -0.1) is 0 Å². The van der Waals surface area contributed by atoms with Crippen molar-refractivity contribution in [1.82, 2.24) is 9.88 Å². The molecular formula is C14H16Br2N2O3. The number of likely N-dealkylation sites (tertiary alicyclic amines) is 1. The van der Waals surface area contributed by atoms with Crippen molar-refractivity contribution >= 4 is 43.7 Å². The fourth-order valence-corrected chi connectivity index (χ4v) is 3.98. The Morgan fingerprint density at radius 3 is 2.81 bits per heavy atom. The molecule has 0 saturated carbocycles. The fraction of sp³-hybridized carbons (Fsp3) is 0.500. The molecule has 5 nitrogen and oxygen atoms in total. The van der Waals surface area contributed by atoms with E-state index in [9.17, 15) is 14.7 Å². The third-order valence-corrected chi connectivity index (χ3v) is 4.79. The van der Waals surface area contributed by atoms with E-state index < -0.39 is 17.9 Å². The number of aromatic nitrogens is 1. The average Bonchev–Trinajstić information content (AvgIpc) is 2.57. The number of rotatable bonds is 3. The van der Waals surface area contributed by atoms with Gasteiger partial charge in [-0.05, 0) is 57.7 Å². The fourth-order valence-electron chi connectivity index (χ4n) is 2.76. The minimum Gasteiger partial charge on any atom is -0.481 e. The number of carboxylic acids is 1. The molecule has 2 unspecified atom stereocenters. The van der Waals surface area contributed by atoms with Crippen LogP contribution in [0.3, 0.4) is 0 Å². The van der Waals surface area contributed by atoms with Gasteiger partial charge in [0, 0.05) is 28.1 Å². The lowest BCUT2D eigenvalue weighted by Gasteiger charge is -2.32. The topological polar surface area (TPSA) is 70.5 Å². The van der Waals surface area contributed by atoms with Gasteiger partial charge >= 0.3 is 5.97 Å². The molecule has 7 heteroatoms. The quantitative estimate of drug-likeness (QED) is 0.815. The lowest BCUT2D eigenvalue weighted by Crippen LogP contribution is -2.39. The molecule has 1 saturated heterocycles. The molecule has 1 aliphatic heterocycles. The molecule has 2 atom stereocenters. The summed E-state index contributed by atoms with van der Waals surface area (Å²) in [5.41, 5.74) is 0.600. The van der Waals surface area contributed by atoms with Gasteiger partial charge < -0.3 is 10.0 Å². The van der Waals surface area contributed by atoms with Gasteiger partial charge in [0.15, 0.2) is 0 Å². The summed E-state index contributed by atoms with van der Waals surface area (Å²) < 4.78 is 1.51. The number of pyridine rings is 1. The van der Waals surface area contributed by atoms with Gasteiger partial charge in [-0.3, -0.25) is 14.6 Å². The molecule has 0 bridgehead atoms. The van der Waals surface area contributed by atoms with Crippen molar-refractivity contribution in [3.63, 3.8) is 0 Å². The first kappa shape index (κ1) is 16.4. The van der Waals surface area contributed by atoms with Gasteiger partial charge in [-0.25, -0.2) is 0 Å². The minimum atomic E-state index is -0.884. The van der Waals surface area contributed by atoms with Crippen LogP contribution in [0.4, 0.5) is 0 Å². The average molecular weight is 420 g/mol. The zero-order chi connectivity index (χ0) is 15.6. The summed E-state index contributed by atoms with van der Waals surface area (Å²) in [7, 11) is 0. The Morgan fingerprint density at radius 1 is 1.52 bits per heavy atom. The van der Waals surface area contributed by atoms with Crippen LogP contribution in [0, 0.1) is 5.92 Å². The van der Waals surface area contributed by atoms with Crippen LogP contribution in [0.1, 0.15) is 37.9 Å². The maximum atomic E-state index is 12.3. The smallest absolute Gasteiger partial charge is 0.309 e. The van der Waals surface area contributed by atoms with E-state index in [4.69, 9.17) is 0 Å². The highest BCUT2D eigenvalue weighted by molar-refractivity contribution is 9.11. The number of halogens is 2. The molecule has 21 heavy (non-hydrogen) atoms. The van der Waals surface area contributed by atoms with Crippen molar-refractivity contribution in [3.8, 4) is 0 Å². The summed E-state index contributed by atoms with van der Waals surface area (Å²) in [6, 6.07) is 1.29. The molecule has 0 radical (unpaired) electrons. The molecule has 0 aromatic carbocycles. The van der Waals surface area contributed by atoms with Crippen molar-refractivity contribution in [2.24, 2.45) is 5.92 Å². The molecule has 1 N–H and O–H groups in total. The number of hydrogen-bond donors (Lipinski definition) is 1. The van der Waals surface area contributed by atoms with Crippen molar-refractivity contribution in [1.29, 1.82) is 0 Å². The summed E-state index contributed by atoms with van der Waals surface area (Å²) in [6.45, 7) is 2.33. The second-order valence-electron chi connectivity index (χ2n) is 4.98. The molecule has 2 rings (SSSR count). The number of nitrogens with zero attached hydrogens (tertiary/aromatic N) is 2. The first-order valence-corrected chi connectivity index (χ1v) is 8.37. The third-order valence-electron chi connectivity index (χ3n) is 3.72. The van der Waals surface area contributed by atoms with E-state index in [1.165, 1.54) is 0 Å². The van der Waals surface area contributed by atoms with Crippen molar-refractivity contribution < 1.29 is 14.7 Å². The SMILES string of the molecule is CCN1C(=O)CCCC(C(=O)O)C1c1ncc(Br)cc1Br. The Bertz CT molecular complexity index is 563. The predicted molar refractivity (Wildman–Crippen MR) is 84.7 cm³/mol. The molecule has 0 aliphatic carbocycles. The zero-order valence-corrected chi connectivity index (χ0v) is 14.7. The lowest BCUT2D eigenvalue weighted by atomic mass is 9.92. The van der Waals surface area contributed by atoms with E-state index in [0.717, 1.165) is 4.47 Å². The highest BCUT2D eigenvalue weighted by Crippen LogP contribution is 2.38. The molecular weight excluding hydrogens is 404 g/mol. The molecule has 2 heterocycles. The Hall–Kier alpha value is -0.950. The molecule has 0 spiro atoms. The summed E-state index contributed by atoms with van der Waals surface area (Å²) in [5, 5.41) is 9.55. The van der Waals surface area contributed by atoms with E-state index in [1.807, 2.05) is 13.0 Å². The summed E-state index contributed by atoms with van der Waals surface area (Å²) in [4.78, 5) is 29.9. The van der Waals surface area contributed by atoms with Crippen LogP contribution in [0.5, 0.6) is 0 Å². The van der Waals surface area contributed by atoms with Gasteiger partial charge in [0.2, 0.25) is 5.91 Å². The maximum Gasteiger partial charge on any atom is 0.309 e. The molecule has 1 fully saturated rings. The predicted octanol–water partition coefficient (Wildman–Crippen LogP) is 3.38. The summed E-state index contributed by atoms with van der Waals surface area (Å²) >= 11 is 6.77. The molecule has 1 aliphatic rings. The molecule has 1 amide bonds. The second kappa shape index (κ2) is 6.87. The van der Waals surface area contributed by atoms with Crippen molar-refractivity contribution in [2.45, 2.75) is 32.2 Å². The Kier molecular flexibility index (Phi) is 5.37. The van der Waals surface area contributed by atoms with Crippen LogP contribution >= 0.6 is 31.9 Å². The Balaban J connectivity index is 2.53. The van der Waals surface area contributed by atoms with Crippen LogP contribution < -0.4 is 0 Å². The normalized spacial score (nSPS) is 23.0. The van der Waals surface area contributed by atoms with Gasteiger partial charge in [0.05, 0.1) is 17.7 Å². The number of carboxylic acid groups (broad SMARTS) is 1. The number of hydrogen-bond acceptors (Lipinski definition) is 3. The molecule has 1 aromatic rings. The minimum absolute atomic E-state index is 0.0112. The van der Waals surface area contributed by atoms with Gasteiger partial charge in [0.25, 0.3) is 0 Å². The summed E-state index contributed by atoms with van der Waals surface area (Å²) in [6.07, 6.45) is 3.09. The largest absolute Gasteiger partial charge is 0.481 e. The van der Waals surface area contributed by atoms with Gasteiger partial charge in [-0.2, -0.15) is 0 Å². The maximum absolute atomic E-state index is 12.3. The number of carbonyl (C=O) groups is 2. The van der Waals surface area contributed by atoms with Crippen LogP contribution in [-0.2, 0) is 9.59 Å². The number of carbonyl (C=O) groups excluding carboxylic acids is 1. The van der Waals surface area contributed by atoms with Crippen molar-refractivity contribution in [2.75, 3.05) is 6.54 Å². The Labute approximate surface area is 140 Å². The van der Waals surface area contributed by atoms with E-state index in [2.05, 4.69) is 36.8 Å². The standard InChI is InChI=1S/C14H16Br2N2O3/c1-2-18-11(19)5-3-4-9(14(20)21)13(18)12-10(16)6-8(15)7-17-12/h6-7,9,13H,2-5H2,1H3,(H,20,21). The van der Waals surface area contributed by atoms with Gasteiger partial charge in [-0.1, -0.05) is 0 Å². The van der Waals surface area contributed by atoms with E-state index in [0.29, 0.717) is 36.0 Å². The van der Waals surface area contributed by atoms with Crippen molar-refractivity contribution in [3.05, 3.63) is 26.9 Å². The highest BCUT2D eigenvalue weighted by Gasteiger charge is 2.39. The summed E-state index contributed by atoms with van der Waals surface area (Å²) in [5.74, 6) is -1.53. The van der Waals surface area contributed by atoms with Crippen LogP contribution in [0.25, 0.3) is 0 Å². The zero-order valence-electron chi connectivity index (χ0n) is 11.6. The van der Waals surface area contributed by atoms with E-state index >= 15 is 0 Å². The second-order valence-corrected chi connectivity index (χ2v) is 6.75. The first-order chi connectivity index (χ1) is 9.95. The lowest BCUT2D eigenvalue weighted by molar-refractivity contribution is -0.146. The van der Waals surface area contributed by atoms with Gasteiger partial charge in [0.1, 0.15) is 0 Å². The van der Waals surface area contributed by atoms with Crippen LogP contribution in [0.15, 0.2) is 21.2 Å². The molecule has 114 valence electrons. The number of aliphatic carboxylic acids is 1.